The lowest BCUT2D eigenvalue weighted by Crippen LogP contribution is -2.13. The molecule has 2 aromatic carbocycles. The SMILES string of the molecule is CNc1ccccc1C(=O)Nc1cccc(SC)c1. The van der Waals surface area contributed by atoms with Gasteiger partial charge in [-0.2, -0.15) is 0 Å². The van der Waals surface area contributed by atoms with Crippen molar-refractivity contribution >= 4 is 29.0 Å². The molecule has 1 amide bonds. The molecule has 0 aromatic heterocycles. The summed E-state index contributed by atoms with van der Waals surface area (Å²) in [5.74, 6) is -0.108. The molecule has 0 aliphatic rings. The summed E-state index contributed by atoms with van der Waals surface area (Å²) in [6.07, 6.45) is 2.01. The number of carbonyl (C=O) groups is 1. The van der Waals surface area contributed by atoms with Crippen LogP contribution in [-0.4, -0.2) is 19.2 Å². The van der Waals surface area contributed by atoms with Crippen molar-refractivity contribution < 1.29 is 4.79 Å². The molecule has 0 unspecified atom stereocenters. The Labute approximate surface area is 117 Å². The third-order valence-corrected chi connectivity index (χ3v) is 3.49. The number of anilines is 2. The van der Waals surface area contributed by atoms with Crippen molar-refractivity contribution in [3.63, 3.8) is 0 Å². The molecular weight excluding hydrogens is 256 g/mol. The maximum absolute atomic E-state index is 12.2. The minimum atomic E-state index is -0.108. The molecule has 2 N–H and O–H groups in total. The van der Waals surface area contributed by atoms with Gasteiger partial charge in [-0.3, -0.25) is 4.79 Å². The molecule has 4 heteroatoms. The molecule has 19 heavy (non-hydrogen) atoms. The molecule has 0 atom stereocenters. The van der Waals surface area contributed by atoms with E-state index in [1.54, 1.807) is 24.9 Å². The predicted octanol–water partition coefficient (Wildman–Crippen LogP) is 3.70. The van der Waals surface area contributed by atoms with E-state index in [0.717, 1.165) is 16.3 Å². The summed E-state index contributed by atoms with van der Waals surface area (Å²) in [4.78, 5) is 13.4. The van der Waals surface area contributed by atoms with Crippen LogP contribution >= 0.6 is 11.8 Å². The number of thioether (sulfide) groups is 1. The Kier molecular flexibility index (Phi) is 4.47. The molecule has 0 spiro atoms. The van der Waals surface area contributed by atoms with Crippen LogP contribution in [0.5, 0.6) is 0 Å². The Bertz CT molecular complexity index is 584. The normalized spacial score (nSPS) is 10.0. The number of para-hydroxylation sites is 1. The zero-order chi connectivity index (χ0) is 13.7. The van der Waals surface area contributed by atoms with Crippen LogP contribution in [0.25, 0.3) is 0 Å². The fourth-order valence-electron chi connectivity index (χ4n) is 1.80. The number of hydrogen-bond acceptors (Lipinski definition) is 3. The van der Waals surface area contributed by atoms with Gasteiger partial charge in [0, 0.05) is 23.3 Å². The van der Waals surface area contributed by atoms with Gasteiger partial charge in [0.05, 0.1) is 5.56 Å². The summed E-state index contributed by atoms with van der Waals surface area (Å²) in [7, 11) is 1.81. The summed E-state index contributed by atoms with van der Waals surface area (Å²) in [6.45, 7) is 0. The van der Waals surface area contributed by atoms with E-state index in [9.17, 15) is 4.79 Å². The average molecular weight is 272 g/mol. The average Bonchev–Trinajstić information content (AvgIpc) is 2.47. The number of amides is 1. The second kappa shape index (κ2) is 6.29. The number of nitrogens with one attached hydrogen (secondary N) is 2. The molecule has 2 aromatic rings. The van der Waals surface area contributed by atoms with Crippen LogP contribution in [-0.2, 0) is 0 Å². The second-order valence-corrected chi connectivity index (χ2v) is 4.86. The van der Waals surface area contributed by atoms with Crippen LogP contribution < -0.4 is 10.6 Å². The largest absolute Gasteiger partial charge is 0.387 e. The van der Waals surface area contributed by atoms with Crippen molar-refractivity contribution in [1.82, 2.24) is 0 Å². The van der Waals surface area contributed by atoms with Crippen LogP contribution in [0.2, 0.25) is 0 Å². The van der Waals surface area contributed by atoms with Gasteiger partial charge in [-0.1, -0.05) is 18.2 Å². The van der Waals surface area contributed by atoms with E-state index in [2.05, 4.69) is 10.6 Å². The highest BCUT2D eigenvalue weighted by Crippen LogP contribution is 2.21. The monoisotopic (exact) mass is 272 g/mol. The summed E-state index contributed by atoms with van der Waals surface area (Å²) in [5.41, 5.74) is 2.27. The van der Waals surface area contributed by atoms with Gasteiger partial charge in [0.15, 0.2) is 0 Å². The Morgan fingerprint density at radius 1 is 1.11 bits per heavy atom. The lowest BCUT2D eigenvalue weighted by Gasteiger charge is -2.10. The van der Waals surface area contributed by atoms with Crippen molar-refractivity contribution in [2.24, 2.45) is 0 Å². The number of carbonyl (C=O) groups excluding carboxylic acids is 1. The number of hydrogen-bond donors (Lipinski definition) is 2. The zero-order valence-corrected chi connectivity index (χ0v) is 11.8. The topological polar surface area (TPSA) is 41.1 Å². The molecular formula is C15H16N2OS. The summed E-state index contributed by atoms with van der Waals surface area (Å²) < 4.78 is 0. The predicted molar refractivity (Wildman–Crippen MR) is 82.2 cm³/mol. The first kappa shape index (κ1) is 13.5. The molecule has 0 heterocycles. The van der Waals surface area contributed by atoms with E-state index in [1.807, 2.05) is 48.7 Å². The molecule has 3 nitrogen and oxygen atoms in total. The Morgan fingerprint density at radius 3 is 2.63 bits per heavy atom. The lowest BCUT2D eigenvalue weighted by atomic mass is 10.1. The van der Waals surface area contributed by atoms with E-state index in [-0.39, 0.29) is 5.91 Å². The first-order chi connectivity index (χ1) is 9.24. The second-order valence-electron chi connectivity index (χ2n) is 3.98. The van der Waals surface area contributed by atoms with Crippen LogP contribution in [0.3, 0.4) is 0 Å². The fraction of sp³-hybridized carbons (Fsp3) is 0.133. The molecule has 0 aliphatic heterocycles. The van der Waals surface area contributed by atoms with Crippen LogP contribution in [0.15, 0.2) is 53.4 Å². The van der Waals surface area contributed by atoms with Gasteiger partial charge >= 0.3 is 0 Å². The van der Waals surface area contributed by atoms with Crippen LogP contribution in [0.1, 0.15) is 10.4 Å². The maximum Gasteiger partial charge on any atom is 0.257 e. The smallest absolute Gasteiger partial charge is 0.257 e. The van der Waals surface area contributed by atoms with Crippen LogP contribution in [0.4, 0.5) is 11.4 Å². The van der Waals surface area contributed by atoms with E-state index >= 15 is 0 Å². The van der Waals surface area contributed by atoms with E-state index in [0.29, 0.717) is 5.56 Å². The van der Waals surface area contributed by atoms with Crippen molar-refractivity contribution in [2.75, 3.05) is 23.9 Å². The van der Waals surface area contributed by atoms with E-state index in [4.69, 9.17) is 0 Å². The van der Waals surface area contributed by atoms with Gasteiger partial charge in [0.2, 0.25) is 0 Å². The number of benzene rings is 2. The van der Waals surface area contributed by atoms with Gasteiger partial charge < -0.3 is 10.6 Å². The maximum atomic E-state index is 12.2. The first-order valence-corrected chi connectivity index (χ1v) is 7.19. The van der Waals surface area contributed by atoms with Crippen molar-refractivity contribution in [2.45, 2.75) is 4.90 Å². The third-order valence-electron chi connectivity index (χ3n) is 2.77. The minimum absolute atomic E-state index is 0.108. The third kappa shape index (κ3) is 3.29. The summed E-state index contributed by atoms with van der Waals surface area (Å²) >= 11 is 1.65. The highest BCUT2D eigenvalue weighted by atomic mass is 32.2. The molecule has 0 aliphatic carbocycles. The van der Waals surface area contributed by atoms with Gasteiger partial charge in [-0.05, 0) is 36.6 Å². The molecule has 0 radical (unpaired) electrons. The zero-order valence-electron chi connectivity index (χ0n) is 10.9. The van der Waals surface area contributed by atoms with Gasteiger partial charge in [0.25, 0.3) is 5.91 Å². The van der Waals surface area contributed by atoms with Crippen molar-refractivity contribution in [3.8, 4) is 0 Å². The van der Waals surface area contributed by atoms with Crippen molar-refractivity contribution in [1.29, 1.82) is 0 Å². The Hall–Kier alpha value is -1.94. The molecule has 0 bridgehead atoms. The van der Waals surface area contributed by atoms with E-state index < -0.39 is 0 Å². The van der Waals surface area contributed by atoms with E-state index in [1.165, 1.54) is 0 Å². The Balaban J connectivity index is 2.20. The Morgan fingerprint density at radius 2 is 1.89 bits per heavy atom. The van der Waals surface area contributed by atoms with Crippen molar-refractivity contribution in [3.05, 3.63) is 54.1 Å². The van der Waals surface area contributed by atoms with Gasteiger partial charge in [0.1, 0.15) is 0 Å². The highest BCUT2D eigenvalue weighted by Gasteiger charge is 2.10. The van der Waals surface area contributed by atoms with Gasteiger partial charge in [-0.25, -0.2) is 0 Å². The number of rotatable bonds is 4. The molecule has 2 rings (SSSR count). The molecule has 0 fully saturated rings. The minimum Gasteiger partial charge on any atom is -0.387 e. The quantitative estimate of drug-likeness (QED) is 0.834. The summed E-state index contributed by atoms with van der Waals surface area (Å²) in [5, 5.41) is 5.94. The standard InChI is InChI=1S/C15H16N2OS/c1-16-14-9-4-3-8-13(14)15(18)17-11-6-5-7-12(10-11)19-2/h3-10,16H,1-2H3,(H,17,18). The molecule has 0 saturated carbocycles. The highest BCUT2D eigenvalue weighted by molar-refractivity contribution is 7.98. The van der Waals surface area contributed by atoms with Gasteiger partial charge in [-0.15, -0.1) is 11.8 Å². The molecule has 98 valence electrons. The fourth-order valence-corrected chi connectivity index (χ4v) is 2.26. The molecule has 0 saturated heterocycles. The first-order valence-electron chi connectivity index (χ1n) is 5.97. The van der Waals surface area contributed by atoms with Crippen LogP contribution in [0, 0.1) is 0 Å². The summed E-state index contributed by atoms with van der Waals surface area (Å²) in [6, 6.07) is 15.2. The lowest BCUT2D eigenvalue weighted by molar-refractivity contribution is 0.102.